The van der Waals surface area contributed by atoms with E-state index >= 15 is 0 Å². The Morgan fingerprint density at radius 3 is 2.37 bits per heavy atom. The third-order valence-electron chi connectivity index (χ3n) is 3.64. The van der Waals surface area contributed by atoms with Crippen molar-refractivity contribution in [3.63, 3.8) is 0 Å². The van der Waals surface area contributed by atoms with Gasteiger partial charge < -0.3 is 5.11 Å². The highest BCUT2D eigenvalue weighted by atomic mass is 32.2. The molecule has 2 rings (SSSR count). The minimum Gasteiger partial charge on any atom is -0.393 e. The molecule has 0 saturated heterocycles. The predicted molar refractivity (Wildman–Crippen MR) is 70.1 cm³/mol. The van der Waals surface area contributed by atoms with E-state index in [4.69, 9.17) is 0 Å². The Bertz CT molecular complexity index is 450. The van der Waals surface area contributed by atoms with Gasteiger partial charge in [-0.15, -0.1) is 11.8 Å². The maximum atomic E-state index is 12.6. The molecular weight excluding hydrogens is 273 g/mol. The van der Waals surface area contributed by atoms with Gasteiger partial charge in [0.2, 0.25) is 0 Å². The minimum atomic E-state index is -4.30. The number of aliphatic hydroxyl groups excluding tert-OH is 1. The molecule has 1 aromatic rings. The van der Waals surface area contributed by atoms with Crippen molar-refractivity contribution in [2.75, 3.05) is 0 Å². The summed E-state index contributed by atoms with van der Waals surface area (Å²) in [6.45, 7) is 4.04. The zero-order chi connectivity index (χ0) is 14.3. The molecule has 1 aliphatic rings. The van der Waals surface area contributed by atoms with Crippen molar-refractivity contribution in [2.24, 2.45) is 5.92 Å². The standard InChI is InChI=1S/C14H17F3OS/c1-13(2,10-6-11(18)7-10)19-12-5-3-4-9(8-12)14(15,16)17/h3-5,8,10-11,18H,6-7H2,1-2H3. The lowest BCUT2D eigenvalue weighted by Crippen LogP contribution is -2.41. The minimum absolute atomic E-state index is 0.163. The number of rotatable bonds is 3. The van der Waals surface area contributed by atoms with Crippen LogP contribution in [0.5, 0.6) is 0 Å². The molecule has 0 bridgehead atoms. The highest BCUT2D eigenvalue weighted by Gasteiger charge is 2.40. The van der Waals surface area contributed by atoms with Gasteiger partial charge in [0.25, 0.3) is 0 Å². The molecule has 1 aliphatic carbocycles. The molecule has 1 N–H and O–H groups in total. The van der Waals surface area contributed by atoms with E-state index in [0.717, 1.165) is 18.9 Å². The zero-order valence-corrected chi connectivity index (χ0v) is 11.7. The molecule has 0 spiro atoms. The first-order valence-electron chi connectivity index (χ1n) is 6.23. The molecule has 1 fully saturated rings. The second kappa shape index (κ2) is 5.02. The normalized spacial score (nSPS) is 24.1. The van der Waals surface area contributed by atoms with Crippen molar-refractivity contribution in [3.8, 4) is 0 Å². The molecule has 0 aliphatic heterocycles. The fraction of sp³-hybridized carbons (Fsp3) is 0.571. The summed E-state index contributed by atoms with van der Waals surface area (Å²) < 4.78 is 37.8. The van der Waals surface area contributed by atoms with Gasteiger partial charge in [0.1, 0.15) is 0 Å². The molecular formula is C14H17F3OS. The SMILES string of the molecule is CC(C)(Sc1cccc(C(F)(F)F)c1)C1CC(O)C1. The lowest BCUT2D eigenvalue weighted by Gasteiger charge is -2.43. The average Bonchev–Trinajstić information content (AvgIpc) is 2.23. The fourth-order valence-electron chi connectivity index (χ4n) is 2.28. The first kappa shape index (κ1) is 14.7. The van der Waals surface area contributed by atoms with Crippen LogP contribution in [0.15, 0.2) is 29.2 Å². The van der Waals surface area contributed by atoms with Crippen molar-refractivity contribution in [1.82, 2.24) is 0 Å². The lowest BCUT2D eigenvalue weighted by atomic mass is 9.75. The van der Waals surface area contributed by atoms with Crippen molar-refractivity contribution in [2.45, 2.75) is 48.6 Å². The Hall–Kier alpha value is -0.680. The van der Waals surface area contributed by atoms with Crippen molar-refractivity contribution in [3.05, 3.63) is 29.8 Å². The monoisotopic (exact) mass is 290 g/mol. The molecule has 5 heteroatoms. The summed E-state index contributed by atoms with van der Waals surface area (Å²) in [4.78, 5) is 0.626. The van der Waals surface area contributed by atoms with Crippen LogP contribution in [-0.4, -0.2) is 16.0 Å². The summed E-state index contributed by atoms with van der Waals surface area (Å²) in [5.74, 6) is 0.349. The quantitative estimate of drug-likeness (QED) is 0.835. The molecule has 0 aromatic heterocycles. The topological polar surface area (TPSA) is 20.2 Å². The van der Waals surface area contributed by atoms with Crippen LogP contribution in [0, 0.1) is 5.92 Å². The van der Waals surface area contributed by atoms with E-state index in [-0.39, 0.29) is 10.9 Å². The number of aliphatic hydroxyl groups is 1. The van der Waals surface area contributed by atoms with Gasteiger partial charge in [0.15, 0.2) is 0 Å². The second-order valence-electron chi connectivity index (χ2n) is 5.55. The van der Waals surface area contributed by atoms with E-state index in [0.29, 0.717) is 10.8 Å². The largest absolute Gasteiger partial charge is 0.416 e. The zero-order valence-electron chi connectivity index (χ0n) is 10.9. The first-order chi connectivity index (χ1) is 8.68. The van der Waals surface area contributed by atoms with Gasteiger partial charge in [0.05, 0.1) is 11.7 Å². The van der Waals surface area contributed by atoms with Crippen LogP contribution >= 0.6 is 11.8 Å². The van der Waals surface area contributed by atoms with E-state index in [9.17, 15) is 18.3 Å². The third-order valence-corrected chi connectivity index (χ3v) is 4.99. The smallest absolute Gasteiger partial charge is 0.393 e. The highest BCUT2D eigenvalue weighted by molar-refractivity contribution is 8.00. The summed E-state index contributed by atoms with van der Waals surface area (Å²) in [6.07, 6.45) is -3.07. The van der Waals surface area contributed by atoms with Crippen LogP contribution in [0.4, 0.5) is 13.2 Å². The highest BCUT2D eigenvalue weighted by Crippen LogP contribution is 2.47. The summed E-state index contributed by atoms with van der Waals surface area (Å²) in [5, 5.41) is 9.34. The predicted octanol–water partition coefficient (Wildman–Crippen LogP) is 4.35. The molecule has 106 valence electrons. The van der Waals surface area contributed by atoms with E-state index in [1.807, 2.05) is 13.8 Å². The third kappa shape index (κ3) is 3.45. The number of alkyl halides is 3. The van der Waals surface area contributed by atoms with E-state index in [2.05, 4.69) is 0 Å². The van der Waals surface area contributed by atoms with E-state index < -0.39 is 11.7 Å². The van der Waals surface area contributed by atoms with Crippen molar-refractivity contribution >= 4 is 11.8 Å². The number of thioether (sulfide) groups is 1. The Morgan fingerprint density at radius 1 is 1.21 bits per heavy atom. The van der Waals surface area contributed by atoms with Gasteiger partial charge in [-0.25, -0.2) is 0 Å². The van der Waals surface area contributed by atoms with Gasteiger partial charge in [-0.2, -0.15) is 13.2 Å². The Balaban J connectivity index is 2.10. The van der Waals surface area contributed by atoms with Crippen LogP contribution in [0.1, 0.15) is 32.3 Å². The van der Waals surface area contributed by atoms with Gasteiger partial charge in [0, 0.05) is 9.64 Å². The molecule has 0 radical (unpaired) electrons. The van der Waals surface area contributed by atoms with Gasteiger partial charge in [-0.3, -0.25) is 0 Å². The molecule has 1 saturated carbocycles. The average molecular weight is 290 g/mol. The van der Waals surface area contributed by atoms with Crippen LogP contribution in [0.3, 0.4) is 0 Å². The fourth-order valence-corrected chi connectivity index (χ4v) is 3.58. The van der Waals surface area contributed by atoms with Crippen LogP contribution in [-0.2, 0) is 6.18 Å². The van der Waals surface area contributed by atoms with E-state index in [1.165, 1.54) is 23.9 Å². The molecule has 0 heterocycles. The maximum Gasteiger partial charge on any atom is 0.416 e. The summed E-state index contributed by atoms with van der Waals surface area (Å²) in [5.41, 5.74) is -0.609. The second-order valence-corrected chi connectivity index (χ2v) is 7.28. The molecule has 1 aromatic carbocycles. The molecule has 0 unspecified atom stereocenters. The van der Waals surface area contributed by atoms with Gasteiger partial charge >= 0.3 is 6.18 Å². The van der Waals surface area contributed by atoms with Crippen molar-refractivity contribution in [1.29, 1.82) is 0 Å². The molecule has 19 heavy (non-hydrogen) atoms. The molecule has 0 amide bonds. The summed E-state index contributed by atoms with van der Waals surface area (Å²) in [6, 6.07) is 5.43. The summed E-state index contributed by atoms with van der Waals surface area (Å²) >= 11 is 1.45. The number of benzene rings is 1. The van der Waals surface area contributed by atoms with E-state index in [1.54, 1.807) is 6.07 Å². The number of halogens is 3. The molecule has 1 nitrogen and oxygen atoms in total. The van der Waals surface area contributed by atoms with Crippen LogP contribution in [0.25, 0.3) is 0 Å². The Kier molecular flexibility index (Phi) is 3.89. The van der Waals surface area contributed by atoms with Gasteiger partial charge in [-0.1, -0.05) is 19.9 Å². The Morgan fingerprint density at radius 2 is 1.84 bits per heavy atom. The first-order valence-corrected chi connectivity index (χ1v) is 7.04. The summed E-state index contributed by atoms with van der Waals surface area (Å²) in [7, 11) is 0. The Labute approximate surface area is 115 Å². The van der Waals surface area contributed by atoms with Crippen LogP contribution in [0.2, 0.25) is 0 Å². The van der Waals surface area contributed by atoms with Crippen LogP contribution < -0.4 is 0 Å². The van der Waals surface area contributed by atoms with Gasteiger partial charge in [-0.05, 0) is 37.0 Å². The maximum absolute atomic E-state index is 12.6. The molecule has 0 atom stereocenters. The number of hydrogen-bond acceptors (Lipinski definition) is 2. The number of hydrogen-bond donors (Lipinski definition) is 1. The lowest BCUT2D eigenvalue weighted by molar-refractivity contribution is -0.137. The van der Waals surface area contributed by atoms with Crippen molar-refractivity contribution < 1.29 is 18.3 Å².